The lowest BCUT2D eigenvalue weighted by Gasteiger charge is -2.36. The number of nitrogens with zero attached hydrogens (tertiary/aromatic N) is 3. The molecule has 2 heterocycles. The predicted octanol–water partition coefficient (Wildman–Crippen LogP) is 3.77. The summed E-state index contributed by atoms with van der Waals surface area (Å²) in [6.07, 6.45) is 0.388. The molecule has 1 saturated heterocycles. The molecule has 2 aromatic carbocycles. The molecule has 0 N–H and O–H groups in total. The summed E-state index contributed by atoms with van der Waals surface area (Å²) >= 11 is 0. The molecule has 1 aliphatic rings. The highest BCUT2D eigenvalue weighted by atomic mass is 16.5. The van der Waals surface area contributed by atoms with Crippen LogP contribution >= 0.6 is 0 Å². The van der Waals surface area contributed by atoms with E-state index in [9.17, 15) is 4.79 Å². The molecule has 7 nitrogen and oxygen atoms in total. The number of hydrogen-bond acceptors (Lipinski definition) is 6. The van der Waals surface area contributed by atoms with Crippen LogP contribution in [0.15, 0.2) is 53.1 Å². The Balaban J connectivity index is 1.28. The fourth-order valence-corrected chi connectivity index (χ4v) is 3.94. The van der Waals surface area contributed by atoms with E-state index in [1.165, 1.54) is 0 Å². The Kier molecular flexibility index (Phi) is 6.63. The van der Waals surface area contributed by atoms with Crippen LogP contribution in [0.3, 0.4) is 0 Å². The van der Waals surface area contributed by atoms with Gasteiger partial charge in [-0.1, -0.05) is 29.4 Å². The summed E-state index contributed by atoms with van der Waals surface area (Å²) in [4.78, 5) is 17.0. The van der Waals surface area contributed by atoms with Gasteiger partial charge >= 0.3 is 0 Å². The average Bonchev–Trinajstić information content (AvgIpc) is 3.15. The van der Waals surface area contributed by atoms with Crippen molar-refractivity contribution >= 4 is 11.6 Å². The maximum atomic E-state index is 12.8. The van der Waals surface area contributed by atoms with Crippen LogP contribution in [0.1, 0.15) is 22.6 Å². The maximum Gasteiger partial charge on any atom is 0.227 e. The van der Waals surface area contributed by atoms with Crippen molar-refractivity contribution in [2.24, 2.45) is 0 Å². The zero-order valence-electron chi connectivity index (χ0n) is 18.8. The Bertz CT molecular complexity index is 1030. The molecule has 1 fully saturated rings. The Labute approximate surface area is 188 Å². The van der Waals surface area contributed by atoms with E-state index in [0.29, 0.717) is 26.1 Å². The van der Waals surface area contributed by atoms with E-state index < -0.39 is 0 Å². The number of hydrogen-bond donors (Lipinski definition) is 0. The summed E-state index contributed by atoms with van der Waals surface area (Å²) < 4.78 is 16.5. The van der Waals surface area contributed by atoms with Crippen molar-refractivity contribution < 1.29 is 18.8 Å². The fourth-order valence-electron chi connectivity index (χ4n) is 3.94. The second-order valence-corrected chi connectivity index (χ2v) is 7.95. The normalized spacial score (nSPS) is 13.8. The van der Waals surface area contributed by atoms with E-state index >= 15 is 0 Å². The zero-order valence-corrected chi connectivity index (χ0v) is 18.8. The quantitative estimate of drug-likeness (QED) is 0.563. The van der Waals surface area contributed by atoms with Crippen molar-refractivity contribution in [1.82, 2.24) is 10.1 Å². The first-order valence-electron chi connectivity index (χ1n) is 10.8. The SMILES string of the molecule is COc1ccccc1N1CCN(C(=O)Cc2ccc(OCc3c(C)noc3C)cc2)CC1. The highest BCUT2D eigenvalue weighted by molar-refractivity contribution is 5.79. The van der Waals surface area contributed by atoms with Gasteiger partial charge in [0.25, 0.3) is 0 Å². The van der Waals surface area contributed by atoms with Crippen LogP contribution in [0.4, 0.5) is 5.69 Å². The van der Waals surface area contributed by atoms with E-state index in [1.807, 2.05) is 61.2 Å². The first-order valence-corrected chi connectivity index (χ1v) is 10.8. The van der Waals surface area contributed by atoms with Gasteiger partial charge in [0.15, 0.2) is 0 Å². The zero-order chi connectivity index (χ0) is 22.5. The van der Waals surface area contributed by atoms with Crippen molar-refractivity contribution in [1.29, 1.82) is 0 Å². The van der Waals surface area contributed by atoms with E-state index in [0.717, 1.165) is 52.9 Å². The molecule has 0 aliphatic carbocycles. The lowest BCUT2D eigenvalue weighted by atomic mass is 10.1. The van der Waals surface area contributed by atoms with Crippen LogP contribution in [0.25, 0.3) is 0 Å². The van der Waals surface area contributed by atoms with E-state index in [4.69, 9.17) is 14.0 Å². The number of carbonyl (C=O) groups excluding carboxylic acids is 1. The molecule has 1 amide bonds. The first-order chi connectivity index (χ1) is 15.5. The van der Waals surface area contributed by atoms with Crippen LogP contribution in [0, 0.1) is 13.8 Å². The van der Waals surface area contributed by atoms with Gasteiger partial charge in [-0.25, -0.2) is 0 Å². The summed E-state index contributed by atoms with van der Waals surface area (Å²) in [6.45, 7) is 7.19. The number of benzene rings is 2. The summed E-state index contributed by atoms with van der Waals surface area (Å²) in [5.74, 6) is 2.54. The molecular weight excluding hydrogens is 406 g/mol. The average molecular weight is 436 g/mol. The van der Waals surface area contributed by atoms with Gasteiger partial charge in [0.05, 0.1) is 30.5 Å². The number of carbonyl (C=O) groups is 1. The third-order valence-corrected chi connectivity index (χ3v) is 5.90. The van der Waals surface area contributed by atoms with Gasteiger partial charge in [0.2, 0.25) is 5.91 Å². The number of amides is 1. The number of ether oxygens (including phenoxy) is 2. The van der Waals surface area contributed by atoms with Gasteiger partial charge in [-0.3, -0.25) is 4.79 Å². The number of aromatic nitrogens is 1. The minimum Gasteiger partial charge on any atom is -0.495 e. The Hall–Kier alpha value is -3.48. The molecule has 1 aromatic heterocycles. The molecule has 168 valence electrons. The van der Waals surface area contributed by atoms with Gasteiger partial charge < -0.3 is 23.8 Å². The number of para-hydroxylation sites is 2. The Morgan fingerprint density at radius 3 is 2.41 bits per heavy atom. The number of piperazine rings is 1. The van der Waals surface area contributed by atoms with E-state index in [1.54, 1.807) is 7.11 Å². The largest absolute Gasteiger partial charge is 0.495 e. The van der Waals surface area contributed by atoms with Crippen LogP contribution in [-0.4, -0.2) is 49.3 Å². The van der Waals surface area contributed by atoms with Crippen molar-refractivity contribution in [3.05, 3.63) is 71.1 Å². The molecule has 0 unspecified atom stereocenters. The van der Waals surface area contributed by atoms with Crippen LogP contribution in [0.5, 0.6) is 11.5 Å². The smallest absolute Gasteiger partial charge is 0.227 e. The molecule has 32 heavy (non-hydrogen) atoms. The van der Waals surface area contributed by atoms with Gasteiger partial charge in [-0.2, -0.15) is 0 Å². The van der Waals surface area contributed by atoms with Gasteiger partial charge in [0.1, 0.15) is 23.9 Å². The number of methoxy groups -OCH3 is 1. The summed E-state index contributed by atoms with van der Waals surface area (Å²) in [5.41, 5.74) is 3.87. The molecular formula is C25H29N3O4. The number of aryl methyl sites for hydroxylation is 2. The summed E-state index contributed by atoms with van der Waals surface area (Å²) in [5, 5.41) is 3.94. The molecule has 1 aliphatic heterocycles. The summed E-state index contributed by atoms with van der Waals surface area (Å²) in [6, 6.07) is 15.7. The van der Waals surface area contributed by atoms with Crippen LogP contribution < -0.4 is 14.4 Å². The highest BCUT2D eigenvalue weighted by Gasteiger charge is 2.23. The predicted molar refractivity (Wildman–Crippen MR) is 122 cm³/mol. The lowest BCUT2D eigenvalue weighted by Crippen LogP contribution is -2.49. The van der Waals surface area contributed by atoms with Crippen molar-refractivity contribution in [3.63, 3.8) is 0 Å². The van der Waals surface area contributed by atoms with Gasteiger partial charge in [0, 0.05) is 26.2 Å². The van der Waals surface area contributed by atoms with Crippen molar-refractivity contribution in [3.8, 4) is 11.5 Å². The molecule has 0 spiro atoms. The van der Waals surface area contributed by atoms with Crippen LogP contribution in [-0.2, 0) is 17.8 Å². The second kappa shape index (κ2) is 9.77. The highest BCUT2D eigenvalue weighted by Crippen LogP contribution is 2.28. The minimum absolute atomic E-state index is 0.147. The molecule has 3 aromatic rings. The van der Waals surface area contributed by atoms with E-state index in [-0.39, 0.29) is 5.91 Å². The molecule has 4 rings (SSSR count). The standard InChI is InChI=1S/C25H29N3O4/c1-18-22(19(2)32-26-18)17-31-21-10-8-20(9-11-21)16-25(29)28-14-12-27(13-15-28)23-6-4-5-7-24(23)30-3/h4-11H,12-17H2,1-3H3. The van der Waals surface area contributed by atoms with Gasteiger partial charge in [-0.05, 0) is 43.7 Å². The van der Waals surface area contributed by atoms with Gasteiger partial charge in [-0.15, -0.1) is 0 Å². The summed E-state index contributed by atoms with van der Waals surface area (Å²) in [7, 11) is 1.69. The number of rotatable bonds is 7. The van der Waals surface area contributed by atoms with Crippen LogP contribution in [0.2, 0.25) is 0 Å². The number of anilines is 1. The first kappa shape index (κ1) is 21.7. The molecule has 0 bridgehead atoms. The third-order valence-electron chi connectivity index (χ3n) is 5.90. The Morgan fingerprint density at radius 2 is 1.75 bits per heavy atom. The molecule has 0 radical (unpaired) electrons. The monoisotopic (exact) mass is 435 g/mol. The minimum atomic E-state index is 0.147. The third kappa shape index (κ3) is 4.88. The van der Waals surface area contributed by atoms with E-state index in [2.05, 4.69) is 16.1 Å². The molecule has 0 atom stereocenters. The fraction of sp³-hybridized carbons (Fsp3) is 0.360. The maximum absolute atomic E-state index is 12.8. The van der Waals surface area contributed by atoms with Crippen molar-refractivity contribution in [2.75, 3.05) is 38.2 Å². The second-order valence-electron chi connectivity index (χ2n) is 7.95. The Morgan fingerprint density at radius 1 is 1.03 bits per heavy atom. The lowest BCUT2D eigenvalue weighted by molar-refractivity contribution is -0.130. The van der Waals surface area contributed by atoms with Crippen molar-refractivity contribution in [2.45, 2.75) is 26.9 Å². The molecule has 0 saturated carbocycles. The topological polar surface area (TPSA) is 68.0 Å². The molecule has 7 heteroatoms.